The lowest BCUT2D eigenvalue weighted by atomic mass is 10.0. The van der Waals surface area contributed by atoms with E-state index in [-0.39, 0.29) is 56.1 Å². The number of aliphatic hydroxyl groups excluding tert-OH is 1. The molecule has 0 saturated heterocycles. The van der Waals surface area contributed by atoms with E-state index in [0.29, 0.717) is 36.6 Å². The Hall–Kier alpha value is -4.54. The number of nitrogens with one attached hydrogen (secondary N) is 1. The van der Waals surface area contributed by atoms with Crippen LogP contribution in [0.4, 0.5) is 5.69 Å². The van der Waals surface area contributed by atoms with E-state index in [1.54, 1.807) is 4.90 Å². The second-order valence-electron chi connectivity index (χ2n) is 12.6. The molecule has 242 valence electrons. The molecule has 0 radical (unpaired) electrons. The predicted molar refractivity (Wildman–Crippen MR) is 176 cm³/mol. The Labute approximate surface area is 269 Å². The largest absolute Gasteiger partial charge is 0.488 e. The number of aliphatic hydroxyl groups is 1. The SMILES string of the molecule is C[C@@H]1CN([C@@H](C)CO)C(=O)Cc2cc(NC(=O)Cc3cn(C)c4ccccc34)ccc2O[C@@H]1CN(C)Cc1ccc2c(c1)OCO2. The van der Waals surface area contributed by atoms with Gasteiger partial charge in [0.15, 0.2) is 11.5 Å². The fourth-order valence-electron chi connectivity index (χ4n) is 6.39. The molecule has 0 fully saturated rings. The van der Waals surface area contributed by atoms with Crippen LogP contribution in [-0.2, 0) is 36.0 Å². The number of para-hydroxylation sites is 1. The molecule has 0 unspecified atom stereocenters. The molecule has 1 aromatic heterocycles. The number of benzene rings is 3. The van der Waals surface area contributed by atoms with Gasteiger partial charge in [-0.2, -0.15) is 0 Å². The highest BCUT2D eigenvalue weighted by Crippen LogP contribution is 2.33. The van der Waals surface area contributed by atoms with Gasteiger partial charge in [0.25, 0.3) is 0 Å². The lowest BCUT2D eigenvalue weighted by Crippen LogP contribution is -2.47. The maximum absolute atomic E-state index is 13.6. The number of rotatable bonds is 9. The number of anilines is 1. The van der Waals surface area contributed by atoms with Gasteiger partial charge in [0.2, 0.25) is 18.6 Å². The predicted octanol–water partition coefficient (Wildman–Crippen LogP) is 4.37. The van der Waals surface area contributed by atoms with Crippen LogP contribution in [0.15, 0.2) is 66.9 Å². The Morgan fingerprint density at radius 1 is 1.09 bits per heavy atom. The number of nitrogens with zero attached hydrogens (tertiary/aromatic N) is 3. The Balaban J connectivity index is 1.21. The van der Waals surface area contributed by atoms with Crippen molar-refractivity contribution in [2.24, 2.45) is 13.0 Å². The zero-order valence-corrected chi connectivity index (χ0v) is 26.9. The molecule has 3 heterocycles. The van der Waals surface area contributed by atoms with Crippen LogP contribution in [0, 0.1) is 5.92 Å². The van der Waals surface area contributed by atoms with Crippen molar-refractivity contribution in [1.29, 1.82) is 0 Å². The number of aromatic nitrogens is 1. The first kappa shape index (κ1) is 31.4. The minimum Gasteiger partial charge on any atom is -0.488 e. The maximum Gasteiger partial charge on any atom is 0.231 e. The number of carbonyl (C=O) groups excluding carboxylic acids is 2. The smallest absolute Gasteiger partial charge is 0.231 e. The Bertz CT molecular complexity index is 1730. The van der Waals surface area contributed by atoms with Gasteiger partial charge >= 0.3 is 0 Å². The van der Waals surface area contributed by atoms with Crippen LogP contribution in [0.25, 0.3) is 10.9 Å². The van der Waals surface area contributed by atoms with Crippen LogP contribution >= 0.6 is 0 Å². The van der Waals surface area contributed by atoms with Crippen molar-refractivity contribution in [2.75, 3.05) is 38.9 Å². The number of amides is 2. The monoisotopic (exact) mass is 626 g/mol. The molecule has 0 aliphatic carbocycles. The number of likely N-dealkylation sites (N-methyl/N-ethyl adjacent to an activating group) is 1. The summed E-state index contributed by atoms with van der Waals surface area (Å²) in [5.74, 6) is 1.86. The summed E-state index contributed by atoms with van der Waals surface area (Å²) in [6, 6.07) is 19.2. The summed E-state index contributed by atoms with van der Waals surface area (Å²) in [6.07, 6.45) is 2.07. The molecule has 6 rings (SSSR count). The number of hydrogen-bond acceptors (Lipinski definition) is 7. The molecule has 3 aromatic carbocycles. The number of hydrogen-bond donors (Lipinski definition) is 2. The van der Waals surface area contributed by atoms with E-state index in [9.17, 15) is 14.7 Å². The maximum atomic E-state index is 13.6. The van der Waals surface area contributed by atoms with Crippen molar-refractivity contribution in [3.05, 3.63) is 83.6 Å². The van der Waals surface area contributed by atoms with E-state index in [2.05, 4.69) is 17.1 Å². The molecule has 10 nitrogen and oxygen atoms in total. The van der Waals surface area contributed by atoms with Crippen LogP contribution in [0.3, 0.4) is 0 Å². The van der Waals surface area contributed by atoms with Gasteiger partial charge in [-0.15, -0.1) is 0 Å². The van der Waals surface area contributed by atoms with Crippen molar-refractivity contribution in [2.45, 2.75) is 45.4 Å². The highest BCUT2D eigenvalue weighted by Gasteiger charge is 2.31. The van der Waals surface area contributed by atoms with Crippen LogP contribution in [0.5, 0.6) is 17.2 Å². The molecule has 0 saturated carbocycles. The molecule has 2 N–H and O–H groups in total. The van der Waals surface area contributed by atoms with E-state index in [0.717, 1.165) is 33.5 Å². The van der Waals surface area contributed by atoms with Crippen LogP contribution in [0.1, 0.15) is 30.5 Å². The van der Waals surface area contributed by atoms with E-state index in [1.165, 1.54) is 0 Å². The lowest BCUT2D eigenvalue weighted by Gasteiger charge is -2.34. The third-order valence-electron chi connectivity index (χ3n) is 8.91. The lowest BCUT2D eigenvalue weighted by molar-refractivity contribution is -0.134. The quantitative estimate of drug-likeness (QED) is 0.284. The number of fused-ring (bicyclic) bond motifs is 3. The first-order valence-electron chi connectivity index (χ1n) is 15.8. The molecule has 2 amide bonds. The highest BCUT2D eigenvalue weighted by molar-refractivity contribution is 5.96. The molecule has 10 heteroatoms. The minimum atomic E-state index is -0.341. The standard InChI is InChI=1S/C36H42N4O6/c1-23-17-40(24(2)21-41)36(43)16-26-14-28(37-35(42)15-27-19-39(4)30-8-6-5-7-29(27)30)10-12-31(26)46-34(23)20-38(3)18-25-9-11-32-33(13-25)45-22-44-32/h5-14,19,23-24,34,41H,15-18,20-22H2,1-4H3,(H,37,42)/t23-,24+,34-/m1/s1. The Kier molecular flexibility index (Phi) is 9.19. The molecule has 2 aliphatic rings. The summed E-state index contributed by atoms with van der Waals surface area (Å²) < 4.78 is 19.7. The molecule has 46 heavy (non-hydrogen) atoms. The van der Waals surface area contributed by atoms with E-state index in [1.807, 2.05) is 92.4 Å². The van der Waals surface area contributed by atoms with Gasteiger partial charge in [0, 0.05) is 61.0 Å². The van der Waals surface area contributed by atoms with Gasteiger partial charge in [-0.3, -0.25) is 14.5 Å². The fraction of sp³-hybridized carbons (Fsp3) is 0.389. The van der Waals surface area contributed by atoms with Gasteiger partial charge in [-0.05, 0) is 61.5 Å². The molecular weight excluding hydrogens is 584 g/mol. The van der Waals surface area contributed by atoms with Gasteiger partial charge in [-0.25, -0.2) is 0 Å². The van der Waals surface area contributed by atoms with Gasteiger partial charge in [0.05, 0.1) is 25.5 Å². The normalized spacial score (nSPS) is 18.5. The summed E-state index contributed by atoms with van der Waals surface area (Å²) in [5.41, 5.74) is 4.42. The summed E-state index contributed by atoms with van der Waals surface area (Å²) in [6.45, 7) is 5.77. The summed E-state index contributed by atoms with van der Waals surface area (Å²) in [5, 5.41) is 14.1. The van der Waals surface area contributed by atoms with E-state index >= 15 is 0 Å². The molecule has 4 aromatic rings. The summed E-state index contributed by atoms with van der Waals surface area (Å²) >= 11 is 0. The number of aryl methyl sites for hydroxylation is 1. The van der Waals surface area contributed by atoms with Gasteiger partial charge in [-0.1, -0.05) is 31.2 Å². The van der Waals surface area contributed by atoms with Crippen molar-refractivity contribution in [3.63, 3.8) is 0 Å². The minimum absolute atomic E-state index is 0.0248. The fourth-order valence-corrected chi connectivity index (χ4v) is 6.39. The average molecular weight is 627 g/mol. The second kappa shape index (κ2) is 13.4. The van der Waals surface area contributed by atoms with Gasteiger partial charge < -0.3 is 34.1 Å². The zero-order chi connectivity index (χ0) is 32.4. The van der Waals surface area contributed by atoms with Gasteiger partial charge in [0.1, 0.15) is 11.9 Å². The van der Waals surface area contributed by atoms with Crippen molar-refractivity contribution in [3.8, 4) is 17.2 Å². The highest BCUT2D eigenvalue weighted by atomic mass is 16.7. The van der Waals surface area contributed by atoms with E-state index < -0.39 is 0 Å². The first-order chi connectivity index (χ1) is 22.2. The Morgan fingerprint density at radius 2 is 1.87 bits per heavy atom. The Morgan fingerprint density at radius 3 is 2.70 bits per heavy atom. The summed E-state index contributed by atoms with van der Waals surface area (Å²) in [4.78, 5) is 30.8. The molecule has 0 spiro atoms. The first-order valence-corrected chi connectivity index (χ1v) is 15.8. The number of ether oxygens (including phenoxy) is 3. The zero-order valence-electron chi connectivity index (χ0n) is 26.9. The molecule has 3 atom stereocenters. The van der Waals surface area contributed by atoms with Crippen LogP contribution in [0.2, 0.25) is 0 Å². The third kappa shape index (κ3) is 6.83. The van der Waals surface area contributed by atoms with Crippen molar-refractivity contribution >= 4 is 28.4 Å². The topological polar surface area (TPSA) is 106 Å². The molecular formula is C36H42N4O6. The average Bonchev–Trinajstić information content (AvgIpc) is 3.64. The van der Waals surface area contributed by atoms with E-state index in [4.69, 9.17) is 14.2 Å². The van der Waals surface area contributed by atoms with Crippen LogP contribution in [-0.4, -0.2) is 77.0 Å². The third-order valence-corrected chi connectivity index (χ3v) is 8.91. The van der Waals surface area contributed by atoms with Crippen molar-refractivity contribution in [1.82, 2.24) is 14.4 Å². The van der Waals surface area contributed by atoms with Crippen molar-refractivity contribution < 1.29 is 28.9 Å². The van der Waals surface area contributed by atoms with Crippen LogP contribution < -0.4 is 19.5 Å². The molecule has 0 bridgehead atoms. The molecule has 2 aliphatic heterocycles. The summed E-state index contributed by atoms with van der Waals surface area (Å²) in [7, 11) is 4.02. The number of carbonyl (C=O) groups is 2. The second-order valence-corrected chi connectivity index (χ2v) is 12.6.